The van der Waals surface area contributed by atoms with E-state index < -0.39 is 0 Å². The smallest absolute Gasteiger partial charge is 0.243 e. The highest BCUT2D eigenvalue weighted by Gasteiger charge is 2.19. The van der Waals surface area contributed by atoms with E-state index in [0.29, 0.717) is 29.1 Å². The van der Waals surface area contributed by atoms with Crippen molar-refractivity contribution in [1.29, 1.82) is 0 Å². The fourth-order valence-electron chi connectivity index (χ4n) is 3.85. The lowest BCUT2D eigenvalue weighted by atomic mass is 9.87. The second-order valence-electron chi connectivity index (χ2n) is 7.80. The Bertz CT molecular complexity index is 1030. The standard InChI is InChI=1S/C23H24Cl2N4OS/c24-18-12-10-17(11-13-18)15-29-23(27-22(25)28-29)31-20-9-5-4-8-19(20)26-21(30)14-16-6-2-1-3-7-16/h4-5,8-13,16H,1-3,6-7,14-15H2,(H,26,30). The molecule has 1 heterocycles. The number of anilines is 1. The molecule has 1 aromatic heterocycles. The van der Waals surface area contributed by atoms with Gasteiger partial charge >= 0.3 is 0 Å². The van der Waals surface area contributed by atoms with Gasteiger partial charge in [-0.05, 0) is 72.0 Å². The number of carbonyl (C=O) groups excluding carboxylic acids is 1. The van der Waals surface area contributed by atoms with E-state index in [2.05, 4.69) is 15.4 Å². The van der Waals surface area contributed by atoms with Gasteiger partial charge in [-0.15, -0.1) is 5.10 Å². The largest absolute Gasteiger partial charge is 0.325 e. The van der Waals surface area contributed by atoms with Gasteiger partial charge < -0.3 is 5.32 Å². The van der Waals surface area contributed by atoms with Crippen molar-refractivity contribution in [3.05, 3.63) is 64.4 Å². The van der Waals surface area contributed by atoms with E-state index >= 15 is 0 Å². The Morgan fingerprint density at radius 2 is 1.81 bits per heavy atom. The SMILES string of the molecule is O=C(CC1CCCCC1)Nc1ccccc1Sc1nc(Cl)nn1Cc1ccc(Cl)cc1. The van der Waals surface area contributed by atoms with Crippen LogP contribution in [0.15, 0.2) is 58.6 Å². The van der Waals surface area contributed by atoms with E-state index in [1.165, 1.54) is 31.0 Å². The molecule has 0 aliphatic heterocycles. The molecule has 2 aromatic carbocycles. The highest BCUT2D eigenvalue weighted by Crippen LogP contribution is 2.34. The maximum absolute atomic E-state index is 12.6. The van der Waals surface area contributed by atoms with Crippen molar-refractivity contribution >= 4 is 46.6 Å². The Morgan fingerprint density at radius 1 is 1.06 bits per heavy atom. The number of aromatic nitrogens is 3. The molecule has 0 atom stereocenters. The van der Waals surface area contributed by atoms with Crippen molar-refractivity contribution in [3.8, 4) is 0 Å². The molecule has 31 heavy (non-hydrogen) atoms. The van der Waals surface area contributed by atoms with Crippen LogP contribution in [-0.4, -0.2) is 20.7 Å². The normalized spacial score (nSPS) is 14.5. The third-order valence-electron chi connectivity index (χ3n) is 5.42. The summed E-state index contributed by atoms with van der Waals surface area (Å²) in [6.45, 7) is 0.523. The quantitative estimate of drug-likeness (QED) is 0.414. The van der Waals surface area contributed by atoms with Crippen LogP contribution >= 0.6 is 35.0 Å². The molecule has 1 amide bonds. The number of nitrogens with zero attached hydrogens (tertiary/aromatic N) is 3. The number of hydrogen-bond acceptors (Lipinski definition) is 4. The molecule has 162 valence electrons. The first-order chi connectivity index (χ1) is 15.1. The predicted molar refractivity (Wildman–Crippen MR) is 126 cm³/mol. The average Bonchev–Trinajstić information content (AvgIpc) is 3.10. The maximum Gasteiger partial charge on any atom is 0.243 e. The molecular formula is C23H24Cl2N4OS. The number of halogens is 2. The zero-order valence-electron chi connectivity index (χ0n) is 17.1. The molecule has 4 rings (SSSR count). The molecular weight excluding hydrogens is 451 g/mol. The molecule has 0 radical (unpaired) electrons. The zero-order chi connectivity index (χ0) is 21.6. The van der Waals surface area contributed by atoms with Crippen LogP contribution in [0.2, 0.25) is 10.3 Å². The van der Waals surface area contributed by atoms with Crippen molar-refractivity contribution in [2.45, 2.75) is 55.1 Å². The summed E-state index contributed by atoms with van der Waals surface area (Å²) in [7, 11) is 0. The first kappa shape index (κ1) is 22.2. The van der Waals surface area contributed by atoms with Crippen LogP contribution in [0.5, 0.6) is 0 Å². The summed E-state index contributed by atoms with van der Waals surface area (Å²) in [5.41, 5.74) is 1.83. The molecule has 1 fully saturated rings. The van der Waals surface area contributed by atoms with Crippen LogP contribution in [0, 0.1) is 5.92 Å². The van der Waals surface area contributed by atoms with Gasteiger partial charge in [0, 0.05) is 16.3 Å². The van der Waals surface area contributed by atoms with Crippen LogP contribution in [0.4, 0.5) is 5.69 Å². The van der Waals surface area contributed by atoms with Gasteiger partial charge in [0.05, 0.1) is 12.2 Å². The van der Waals surface area contributed by atoms with E-state index in [0.717, 1.165) is 29.0 Å². The van der Waals surface area contributed by atoms with E-state index in [9.17, 15) is 4.79 Å². The van der Waals surface area contributed by atoms with Crippen LogP contribution in [0.25, 0.3) is 0 Å². The van der Waals surface area contributed by atoms with Crippen LogP contribution in [-0.2, 0) is 11.3 Å². The monoisotopic (exact) mass is 474 g/mol. The number of para-hydroxylation sites is 1. The predicted octanol–water partition coefficient (Wildman–Crippen LogP) is 6.69. The van der Waals surface area contributed by atoms with Gasteiger partial charge in [0.2, 0.25) is 11.2 Å². The van der Waals surface area contributed by atoms with Gasteiger partial charge in [0.15, 0.2) is 5.16 Å². The summed E-state index contributed by atoms with van der Waals surface area (Å²) in [4.78, 5) is 17.9. The molecule has 1 aliphatic carbocycles. The van der Waals surface area contributed by atoms with Crippen LogP contribution < -0.4 is 5.32 Å². The number of amides is 1. The van der Waals surface area contributed by atoms with Crippen molar-refractivity contribution in [2.24, 2.45) is 5.92 Å². The summed E-state index contributed by atoms with van der Waals surface area (Å²) >= 11 is 13.5. The Morgan fingerprint density at radius 3 is 2.58 bits per heavy atom. The molecule has 0 bridgehead atoms. The second kappa shape index (κ2) is 10.5. The fourth-order valence-corrected chi connectivity index (χ4v) is 5.12. The summed E-state index contributed by atoms with van der Waals surface area (Å²) in [6, 6.07) is 15.3. The lowest BCUT2D eigenvalue weighted by Gasteiger charge is -2.21. The minimum absolute atomic E-state index is 0.0700. The minimum Gasteiger partial charge on any atom is -0.325 e. The number of rotatable bonds is 7. The fraction of sp³-hybridized carbons (Fsp3) is 0.348. The molecule has 3 aromatic rings. The van der Waals surface area contributed by atoms with E-state index in [1.807, 2.05) is 48.5 Å². The van der Waals surface area contributed by atoms with Gasteiger partial charge in [-0.3, -0.25) is 4.79 Å². The molecule has 0 saturated heterocycles. The molecule has 0 unspecified atom stereocenters. The second-order valence-corrected chi connectivity index (χ2v) is 9.59. The van der Waals surface area contributed by atoms with Gasteiger partial charge in [0.25, 0.3) is 0 Å². The van der Waals surface area contributed by atoms with Gasteiger partial charge in [0.1, 0.15) is 0 Å². The number of hydrogen-bond donors (Lipinski definition) is 1. The molecule has 1 saturated carbocycles. The Hall–Kier alpha value is -2.02. The highest BCUT2D eigenvalue weighted by molar-refractivity contribution is 7.99. The molecule has 1 aliphatic rings. The number of benzene rings is 2. The Kier molecular flexibility index (Phi) is 7.54. The van der Waals surface area contributed by atoms with Crippen LogP contribution in [0.1, 0.15) is 44.1 Å². The topological polar surface area (TPSA) is 59.8 Å². The third-order valence-corrected chi connectivity index (χ3v) is 6.89. The van der Waals surface area contributed by atoms with Crippen LogP contribution in [0.3, 0.4) is 0 Å². The summed E-state index contributed by atoms with van der Waals surface area (Å²) in [6.07, 6.45) is 6.63. The van der Waals surface area contributed by atoms with Crippen molar-refractivity contribution < 1.29 is 4.79 Å². The summed E-state index contributed by atoms with van der Waals surface area (Å²) in [5.74, 6) is 0.565. The minimum atomic E-state index is 0.0700. The lowest BCUT2D eigenvalue weighted by Crippen LogP contribution is -2.18. The van der Waals surface area contributed by atoms with Crippen molar-refractivity contribution in [3.63, 3.8) is 0 Å². The average molecular weight is 475 g/mol. The van der Waals surface area contributed by atoms with Crippen molar-refractivity contribution in [2.75, 3.05) is 5.32 Å². The van der Waals surface area contributed by atoms with Crippen molar-refractivity contribution in [1.82, 2.24) is 14.8 Å². The Balaban J connectivity index is 1.47. The van der Waals surface area contributed by atoms with Gasteiger partial charge in [-0.2, -0.15) is 4.98 Å². The third kappa shape index (κ3) is 6.25. The van der Waals surface area contributed by atoms with Gasteiger partial charge in [-0.25, -0.2) is 4.68 Å². The van der Waals surface area contributed by atoms with E-state index in [1.54, 1.807) is 4.68 Å². The highest BCUT2D eigenvalue weighted by atomic mass is 35.5. The van der Waals surface area contributed by atoms with E-state index in [4.69, 9.17) is 23.2 Å². The summed E-state index contributed by atoms with van der Waals surface area (Å²) in [5, 5.41) is 8.96. The maximum atomic E-state index is 12.6. The Labute approximate surface area is 196 Å². The van der Waals surface area contributed by atoms with E-state index in [-0.39, 0.29) is 11.2 Å². The first-order valence-corrected chi connectivity index (χ1v) is 12.1. The molecule has 8 heteroatoms. The van der Waals surface area contributed by atoms with Gasteiger partial charge in [-0.1, -0.05) is 55.1 Å². The zero-order valence-corrected chi connectivity index (χ0v) is 19.4. The molecule has 0 spiro atoms. The molecule has 5 nitrogen and oxygen atoms in total. The summed E-state index contributed by atoms with van der Waals surface area (Å²) < 4.78 is 1.76. The number of carbonyl (C=O) groups is 1. The number of nitrogens with one attached hydrogen (secondary N) is 1. The first-order valence-electron chi connectivity index (χ1n) is 10.5. The lowest BCUT2D eigenvalue weighted by molar-refractivity contribution is -0.117. The molecule has 1 N–H and O–H groups in total.